The molecule has 2 aliphatic heterocycles. The van der Waals surface area contributed by atoms with Crippen molar-refractivity contribution in [1.29, 1.82) is 0 Å². The van der Waals surface area contributed by atoms with Gasteiger partial charge in [0, 0.05) is 61.0 Å². The van der Waals surface area contributed by atoms with E-state index in [1.165, 1.54) is 0 Å². The molecule has 48 heavy (non-hydrogen) atoms. The summed E-state index contributed by atoms with van der Waals surface area (Å²) in [7, 11) is -8.18. The molecule has 0 saturated carbocycles. The van der Waals surface area contributed by atoms with Crippen molar-refractivity contribution in [2.45, 2.75) is 44.9 Å². The molecule has 0 saturated heterocycles. The monoisotopic (exact) mass is 692 g/mol. The molecule has 2 aliphatic rings. The van der Waals surface area contributed by atoms with Crippen LogP contribution < -0.4 is 4.90 Å². The van der Waals surface area contributed by atoms with Crippen LogP contribution in [0.2, 0.25) is 0 Å². The van der Waals surface area contributed by atoms with E-state index in [1.807, 2.05) is 102 Å². The zero-order chi connectivity index (χ0) is 35.0. The van der Waals surface area contributed by atoms with Gasteiger partial charge < -0.3 is 4.90 Å². The van der Waals surface area contributed by atoms with Gasteiger partial charge in [-0.05, 0) is 64.1 Å². The summed E-state index contributed by atoms with van der Waals surface area (Å²) >= 11 is 0. The molecule has 0 fully saturated rings. The number of pyridine rings is 3. The van der Waals surface area contributed by atoms with Crippen LogP contribution in [0.15, 0.2) is 115 Å². The zero-order valence-corrected chi connectivity index (χ0v) is 29.1. The van der Waals surface area contributed by atoms with Gasteiger partial charge >= 0.3 is 0 Å². The maximum Gasteiger partial charge on any atom is 0.266 e. The highest BCUT2D eigenvalue weighted by molar-refractivity contribution is 7.86. The summed E-state index contributed by atoms with van der Waals surface area (Å²) in [5, 5.41) is 0. The largest absolute Gasteiger partial charge is 0.342 e. The number of nitrogens with zero attached hydrogens (tertiary/aromatic N) is 5. The molecule has 0 amide bonds. The van der Waals surface area contributed by atoms with Crippen molar-refractivity contribution in [3.63, 3.8) is 0 Å². The second kappa shape index (κ2) is 15.3. The SMILES string of the molecule is CC1(C)C(/C=C/C=C/C=C/C=C2/N(CCS(=O)(=O)O)c3cccnc3C2(C)C)=[N+](CCCS(=O)(=O)O)c2cccnc21.c1ccncc1. The molecular weight excluding hydrogens is 651 g/mol. The molecule has 0 radical (unpaired) electrons. The van der Waals surface area contributed by atoms with Crippen molar-refractivity contribution in [3.05, 3.63) is 127 Å². The topological polar surface area (TPSA) is 154 Å². The van der Waals surface area contributed by atoms with Crippen molar-refractivity contribution in [2.24, 2.45) is 0 Å². The lowest BCUT2D eigenvalue weighted by atomic mass is 9.85. The van der Waals surface area contributed by atoms with Crippen LogP contribution in [-0.4, -0.2) is 75.8 Å². The summed E-state index contributed by atoms with van der Waals surface area (Å²) in [5.41, 5.74) is 4.45. The third kappa shape index (κ3) is 9.19. The summed E-state index contributed by atoms with van der Waals surface area (Å²) in [6, 6.07) is 13.2. The van der Waals surface area contributed by atoms with Gasteiger partial charge in [0.1, 0.15) is 12.2 Å². The zero-order valence-electron chi connectivity index (χ0n) is 27.5. The van der Waals surface area contributed by atoms with Crippen LogP contribution in [0.4, 0.5) is 11.4 Å². The number of hydrogen-bond acceptors (Lipinski definition) is 8. The smallest absolute Gasteiger partial charge is 0.266 e. The van der Waals surface area contributed by atoms with Crippen LogP contribution in [-0.2, 0) is 31.1 Å². The van der Waals surface area contributed by atoms with Gasteiger partial charge in [0.2, 0.25) is 5.69 Å². The lowest BCUT2D eigenvalue weighted by molar-refractivity contribution is -0.437. The Labute approximate surface area is 283 Å². The predicted octanol–water partition coefficient (Wildman–Crippen LogP) is 5.45. The summed E-state index contributed by atoms with van der Waals surface area (Å²) in [6.45, 7) is 8.72. The number of fused-ring (bicyclic) bond motifs is 2. The highest BCUT2D eigenvalue weighted by Crippen LogP contribution is 2.46. The van der Waals surface area contributed by atoms with Gasteiger partial charge in [-0.1, -0.05) is 36.4 Å². The van der Waals surface area contributed by atoms with Crippen LogP contribution in [0, 0.1) is 0 Å². The number of aromatic nitrogens is 3. The maximum absolute atomic E-state index is 11.5. The van der Waals surface area contributed by atoms with Gasteiger partial charge in [0.05, 0.1) is 28.3 Å². The molecule has 254 valence electrons. The molecule has 0 spiro atoms. The molecule has 3 aromatic rings. The molecule has 0 unspecified atom stereocenters. The van der Waals surface area contributed by atoms with Crippen molar-refractivity contribution < 1.29 is 30.5 Å². The molecule has 13 heteroatoms. The van der Waals surface area contributed by atoms with Crippen molar-refractivity contribution >= 4 is 37.3 Å². The summed E-state index contributed by atoms with van der Waals surface area (Å²) in [6.07, 6.45) is 20.6. The van der Waals surface area contributed by atoms with E-state index in [4.69, 9.17) is 0 Å². The van der Waals surface area contributed by atoms with Crippen LogP contribution in [0.1, 0.15) is 45.5 Å². The summed E-state index contributed by atoms with van der Waals surface area (Å²) < 4.78 is 66.0. The van der Waals surface area contributed by atoms with Crippen molar-refractivity contribution in [2.75, 3.05) is 29.5 Å². The molecule has 0 atom stereocenters. The van der Waals surface area contributed by atoms with Crippen LogP contribution in [0.5, 0.6) is 0 Å². The Bertz CT molecular complexity index is 1940. The first-order valence-electron chi connectivity index (χ1n) is 15.4. The Hall–Kier alpha value is -4.30. The second-order valence-electron chi connectivity index (χ2n) is 12.3. The van der Waals surface area contributed by atoms with Crippen LogP contribution in [0.3, 0.4) is 0 Å². The molecule has 3 aromatic heterocycles. The Balaban J connectivity index is 0.000000780. The number of anilines is 1. The summed E-state index contributed by atoms with van der Waals surface area (Å²) in [4.78, 5) is 14.8. The van der Waals surface area contributed by atoms with E-state index in [-0.39, 0.29) is 18.7 Å². The Morgan fingerprint density at radius 1 is 0.750 bits per heavy atom. The Kier molecular flexibility index (Phi) is 11.6. The number of hydrogen-bond donors (Lipinski definition) is 2. The highest BCUT2D eigenvalue weighted by Gasteiger charge is 2.45. The molecule has 0 aromatic carbocycles. The molecule has 0 aliphatic carbocycles. The third-order valence-electron chi connectivity index (χ3n) is 8.08. The van der Waals surface area contributed by atoms with Gasteiger partial charge in [0.15, 0.2) is 5.71 Å². The van der Waals surface area contributed by atoms with E-state index in [2.05, 4.69) is 28.8 Å². The first kappa shape index (κ1) is 36.5. The molecule has 0 bridgehead atoms. The molecule has 11 nitrogen and oxygen atoms in total. The molecule has 2 N–H and O–H groups in total. The molecule has 5 heterocycles. The number of rotatable bonds is 11. The van der Waals surface area contributed by atoms with Gasteiger partial charge in [-0.2, -0.15) is 21.4 Å². The second-order valence-corrected chi connectivity index (χ2v) is 15.5. The number of allylic oxidation sites excluding steroid dienone is 8. The lowest BCUT2D eigenvalue weighted by Crippen LogP contribution is -2.30. The van der Waals surface area contributed by atoms with Gasteiger partial charge in [0.25, 0.3) is 20.2 Å². The third-order valence-corrected chi connectivity index (χ3v) is 9.58. The summed E-state index contributed by atoms with van der Waals surface area (Å²) in [5.74, 6) is -0.716. The Morgan fingerprint density at radius 3 is 2.00 bits per heavy atom. The Morgan fingerprint density at radius 2 is 1.38 bits per heavy atom. The fourth-order valence-corrected chi connectivity index (χ4v) is 6.77. The van der Waals surface area contributed by atoms with Crippen molar-refractivity contribution in [3.8, 4) is 0 Å². The van der Waals surface area contributed by atoms with E-state index in [1.54, 1.807) is 30.9 Å². The fraction of sp³-hybridized carbons (Fsp3) is 0.314. The van der Waals surface area contributed by atoms with E-state index in [0.717, 1.165) is 34.2 Å². The van der Waals surface area contributed by atoms with E-state index in [0.29, 0.717) is 6.54 Å². The highest BCUT2D eigenvalue weighted by atomic mass is 32.2. The minimum Gasteiger partial charge on any atom is -0.342 e. The van der Waals surface area contributed by atoms with Crippen LogP contribution in [0.25, 0.3) is 0 Å². The van der Waals surface area contributed by atoms with E-state index < -0.39 is 36.8 Å². The quantitative estimate of drug-likeness (QED) is 0.151. The first-order chi connectivity index (χ1) is 22.6. The molecule has 5 rings (SSSR count). The van der Waals surface area contributed by atoms with E-state index >= 15 is 0 Å². The van der Waals surface area contributed by atoms with Gasteiger partial charge in [-0.25, -0.2) is 0 Å². The first-order valence-corrected chi connectivity index (χ1v) is 18.7. The average Bonchev–Trinajstić information content (AvgIpc) is 3.38. The fourth-order valence-electron chi connectivity index (χ4n) is 5.86. The lowest BCUT2D eigenvalue weighted by Gasteiger charge is -2.26. The average molecular weight is 693 g/mol. The standard InChI is InChI=1S/C30H36N4O6S2.C5H5N/c1-29(2)25(33(19-12-21-41(35,36)37)23-13-10-17-31-27(23)29)15-8-6-5-7-9-16-26-30(3,4)28-24(14-11-18-32-28)34(26)20-22-42(38,39)40;1-2-4-6-5-3-1/h5-11,13-18H,12,19-22H2,1-4H3,(H-,35,36,37,38,39,40);1-5H/p+1. The maximum atomic E-state index is 11.5. The molecular formula is C35H42N5O6S2+. The van der Waals surface area contributed by atoms with Gasteiger partial charge in [-0.15, -0.1) is 0 Å². The van der Waals surface area contributed by atoms with Crippen molar-refractivity contribution in [1.82, 2.24) is 15.0 Å². The normalized spacial score (nSPS) is 17.7. The van der Waals surface area contributed by atoms with Crippen LogP contribution >= 0.6 is 0 Å². The minimum atomic E-state index is -4.13. The predicted molar refractivity (Wildman–Crippen MR) is 189 cm³/mol. The minimum absolute atomic E-state index is 0.103. The van der Waals surface area contributed by atoms with E-state index in [9.17, 15) is 25.9 Å². The van der Waals surface area contributed by atoms with Gasteiger partial charge in [-0.3, -0.25) is 24.1 Å².